The number of aryl methyl sites for hydroxylation is 1. The van der Waals surface area contributed by atoms with Gasteiger partial charge in [-0.1, -0.05) is 30.3 Å². The molecule has 0 aliphatic carbocycles. The molecule has 0 unspecified atom stereocenters. The lowest BCUT2D eigenvalue weighted by atomic mass is 10.1. The minimum atomic E-state index is -0.104. The molecule has 24 heavy (non-hydrogen) atoms. The normalized spacial score (nSPS) is 11.9. The van der Waals surface area contributed by atoms with Gasteiger partial charge in [-0.15, -0.1) is 0 Å². The number of hydrogen-bond acceptors (Lipinski definition) is 3. The number of carbonyl (C=O) groups is 1. The van der Waals surface area contributed by atoms with Crippen LogP contribution in [0, 0.1) is 6.92 Å². The highest BCUT2D eigenvalue weighted by Crippen LogP contribution is 2.18. The molecule has 122 valence electrons. The van der Waals surface area contributed by atoms with E-state index in [0.29, 0.717) is 12.1 Å². The van der Waals surface area contributed by atoms with Crippen molar-refractivity contribution in [1.82, 2.24) is 19.9 Å². The van der Waals surface area contributed by atoms with Crippen molar-refractivity contribution in [3.05, 3.63) is 72.4 Å². The van der Waals surface area contributed by atoms with Crippen molar-refractivity contribution < 1.29 is 4.79 Å². The van der Waals surface area contributed by atoms with Gasteiger partial charge in [0, 0.05) is 30.5 Å². The maximum Gasteiger partial charge on any atom is 0.253 e. The Labute approximate surface area is 141 Å². The number of hydrogen-bond donors (Lipinski definition) is 1. The SMILES string of the molecule is Cc1nc(-c2ccccc2)ccc1C(=O)N[C@@H](C)Cn1ccnc1. The molecular formula is C19H20N4O. The molecule has 1 aromatic carbocycles. The van der Waals surface area contributed by atoms with Gasteiger partial charge in [-0.25, -0.2) is 4.98 Å². The van der Waals surface area contributed by atoms with E-state index in [9.17, 15) is 4.79 Å². The van der Waals surface area contributed by atoms with Crippen LogP contribution in [0.25, 0.3) is 11.3 Å². The van der Waals surface area contributed by atoms with Crippen molar-refractivity contribution in [1.29, 1.82) is 0 Å². The molecule has 0 aliphatic rings. The van der Waals surface area contributed by atoms with Crippen LogP contribution in [0.4, 0.5) is 0 Å². The van der Waals surface area contributed by atoms with Gasteiger partial charge >= 0.3 is 0 Å². The summed E-state index contributed by atoms with van der Waals surface area (Å²) in [5.74, 6) is -0.104. The maximum absolute atomic E-state index is 12.5. The monoisotopic (exact) mass is 320 g/mol. The summed E-state index contributed by atoms with van der Waals surface area (Å²) in [6.45, 7) is 4.52. The Morgan fingerprint density at radius 3 is 2.67 bits per heavy atom. The quantitative estimate of drug-likeness (QED) is 0.786. The van der Waals surface area contributed by atoms with Crippen LogP contribution in [0.15, 0.2) is 61.2 Å². The van der Waals surface area contributed by atoms with Gasteiger partial charge in [-0.3, -0.25) is 9.78 Å². The second-order valence-corrected chi connectivity index (χ2v) is 5.83. The summed E-state index contributed by atoms with van der Waals surface area (Å²) in [5.41, 5.74) is 3.24. The highest BCUT2D eigenvalue weighted by molar-refractivity contribution is 5.95. The van der Waals surface area contributed by atoms with Crippen LogP contribution in [-0.4, -0.2) is 26.5 Å². The smallest absolute Gasteiger partial charge is 0.253 e. The Balaban J connectivity index is 1.71. The number of nitrogens with zero attached hydrogens (tertiary/aromatic N) is 3. The van der Waals surface area contributed by atoms with E-state index in [0.717, 1.165) is 17.0 Å². The first-order valence-electron chi connectivity index (χ1n) is 7.93. The second kappa shape index (κ2) is 7.08. The van der Waals surface area contributed by atoms with Gasteiger partial charge in [-0.05, 0) is 26.0 Å². The third-order valence-electron chi connectivity index (χ3n) is 3.82. The zero-order valence-electron chi connectivity index (χ0n) is 13.8. The zero-order valence-corrected chi connectivity index (χ0v) is 13.8. The van der Waals surface area contributed by atoms with Crippen molar-refractivity contribution >= 4 is 5.91 Å². The van der Waals surface area contributed by atoms with E-state index < -0.39 is 0 Å². The van der Waals surface area contributed by atoms with E-state index in [-0.39, 0.29) is 11.9 Å². The number of benzene rings is 1. The van der Waals surface area contributed by atoms with Crippen LogP contribution in [-0.2, 0) is 6.54 Å². The van der Waals surface area contributed by atoms with E-state index in [1.807, 2.05) is 67.1 Å². The van der Waals surface area contributed by atoms with E-state index in [2.05, 4.69) is 15.3 Å². The van der Waals surface area contributed by atoms with Crippen molar-refractivity contribution in [2.45, 2.75) is 26.4 Å². The summed E-state index contributed by atoms with van der Waals surface area (Å²) in [6.07, 6.45) is 5.35. The average Bonchev–Trinajstić information content (AvgIpc) is 3.08. The number of nitrogens with one attached hydrogen (secondary N) is 1. The van der Waals surface area contributed by atoms with Gasteiger partial charge in [0.15, 0.2) is 0 Å². The van der Waals surface area contributed by atoms with Crippen molar-refractivity contribution in [3.8, 4) is 11.3 Å². The van der Waals surface area contributed by atoms with E-state index >= 15 is 0 Å². The molecule has 3 rings (SSSR count). The molecule has 5 nitrogen and oxygen atoms in total. The summed E-state index contributed by atoms with van der Waals surface area (Å²) < 4.78 is 1.94. The lowest BCUT2D eigenvalue weighted by Gasteiger charge is -2.15. The van der Waals surface area contributed by atoms with Gasteiger partial charge in [0.2, 0.25) is 0 Å². The topological polar surface area (TPSA) is 59.8 Å². The summed E-state index contributed by atoms with van der Waals surface area (Å²) in [6, 6.07) is 13.7. The third kappa shape index (κ3) is 3.68. The predicted octanol–water partition coefficient (Wildman–Crippen LogP) is 3.07. The molecule has 0 fully saturated rings. The van der Waals surface area contributed by atoms with E-state index in [4.69, 9.17) is 0 Å². The van der Waals surface area contributed by atoms with Gasteiger partial charge < -0.3 is 9.88 Å². The summed E-state index contributed by atoms with van der Waals surface area (Å²) in [7, 11) is 0. The molecule has 0 saturated heterocycles. The zero-order chi connectivity index (χ0) is 16.9. The lowest BCUT2D eigenvalue weighted by molar-refractivity contribution is 0.0935. The highest BCUT2D eigenvalue weighted by atomic mass is 16.1. The van der Waals surface area contributed by atoms with Crippen LogP contribution >= 0.6 is 0 Å². The largest absolute Gasteiger partial charge is 0.348 e. The second-order valence-electron chi connectivity index (χ2n) is 5.83. The molecule has 3 aromatic rings. The molecule has 1 atom stereocenters. The lowest BCUT2D eigenvalue weighted by Crippen LogP contribution is -2.35. The molecular weight excluding hydrogens is 300 g/mol. The minimum absolute atomic E-state index is 0.0000927. The fourth-order valence-corrected chi connectivity index (χ4v) is 2.63. The van der Waals surface area contributed by atoms with Gasteiger partial charge in [0.05, 0.1) is 23.3 Å². The number of amides is 1. The van der Waals surface area contributed by atoms with Crippen molar-refractivity contribution in [2.24, 2.45) is 0 Å². The Bertz CT molecular complexity index is 813. The Hall–Kier alpha value is -2.95. The summed E-state index contributed by atoms with van der Waals surface area (Å²) >= 11 is 0. The first-order valence-corrected chi connectivity index (χ1v) is 7.93. The van der Waals surface area contributed by atoms with Crippen LogP contribution in [0.1, 0.15) is 23.0 Å². The Kier molecular flexibility index (Phi) is 4.70. The Morgan fingerprint density at radius 2 is 2.00 bits per heavy atom. The van der Waals surface area contributed by atoms with Crippen LogP contribution in [0.5, 0.6) is 0 Å². The molecule has 0 radical (unpaired) electrons. The molecule has 1 amide bonds. The molecule has 0 saturated carbocycles. The fourth-order valence-electron chi connectivity index (χ4n) is 2.63. The Morgan fingerprint density at radius 1 is 1.21 bits per heavy atom. The number of carbonyl (C=O) groups excluding carboxylic acids is 1. The molecule has 1 N–H and O–H groups in total. The number of imidazole rings is 1. The van der Waals surface area contributed by atoms with E-state index in [1.165, 1.54) is 0 Å². The van der Waals surface area contributed by atoms with Gasteiger partial charge in [0.1, 0.15) is 0 Å². The standard InChI is InChI=1S/C19H20N4O/c1-14(12-23-11-10-20-13-23)21-19(24)17-8-9-18(22-15(17)2)16-6-4-3-5-7-16/h3-11,13-14H,12H2,1-2H3,(H,21,24)/t14-/m0/s1. The highest BCUT2D eigenvalue weighted by Gasteiger charge is 2.14. The van der Waals surface area contributed by atoms with Crippen molar-refractivity contribution in [2.75, 3.05) is 0 Å². The van der Waals surface area contributed by atoms with Gasteiger partial charge in [0.25, 0.3) is 5.91 Å². The van der Waals surface area contributed by atoms with Crippen LogP contribution in [0.2, 0.25) is 0 Å². The summed E-state index contributed by atoms with van der Waals surface area (Å²) in [5, 5.41) is 3.01. The molecule has 2 heterocycles. The number of pyridine rings is 1. The first-order chi connectivity index (χ1) is 11.6. The molecule has 0 spiro atoms. The molecule has 5 heteroatoms. The molecule has 0 bridgehead atoms. The molecule has 2 aromatic heterocycles. The fraction of sp³-hybridized carbons (Fsp3) is 0.211. The van der Waals surface area contributed by atoms with Crippen LogP contribution < -0.4 is 5.32 Å². The van der Waals surface area contributed by atoms with Crippen molar-refractivity contribution in [3.63, 3.8) is 0 Å². The van der Waals surface area contributed by atoms with Gasteiger partial charge in [-0.2, -0.15) is 0 Å². The minimum Gasteiger partial charge on any atom is -0.348 e. The third-order valence-corrected chi connectivity index (χ3v) is 3.82. The average molecular weight is 320 g/mol. The predicted molar refractivity (Wildman–Crippen MR) is 93.6 cm³/mol. The van der Waals surface area contributed by atoms with Crippen LogP contribution in [0.3, 0.4) is 0 Å². The summed E-state index contributed by atoms with van der Waals surface area (Å²) in [4.78, 5) is 21.1. The molecule has 0 aliphatic heterocycles. The maximum atomic E-state index is 12.5. The van der Waals surface area contributed by atoms with E-state index in [1.54, 1.807) is 12.5 Å². The first kappa shape index (κ1) is 15.9. The number of aromatic nitrogens is 3. The number of rotatable bonds is 5.